The normalized spacial score (nSPS) is 13.1. The molecule has 0 bridgehead atoms. The lowest BCUT2D eigenvalue weighted by molar-refractivity contribution is -0.122. The molecule has 0 aromatic heterocycles. The Balaban J connectivity index is 4.00. The molecule has 0 aromatic carbocycles. The van der Waals surface area contributed by atoms with Crippen LogP contribution in [-0.4, -0.2) is 18.9 Å². The maximum atomic E-state index is 11.7. The molecule has 82 valence electrons. The number of allylic oxidation sites excluding steroid dienone is 1. The van der Waals surface area contributed by atoms with E-state index in [1.54, 1.807) is 0 Å². The van der Waals surface area contributed by atoms with Crippen LogP contribution < -0.4 is 5.32 Å². The Morgan fingerprint density at radius 1 is 1.43 bits per heavy atom. The molecule has 0 saturated carbocycles. The van der Waals surface area contributed by atoms with Crippen LogP contribution in [0.5, 0.6) is 0 Å². The van der Waals surface area contributed by atoms with Crippen LogP contribution >= 0.6 is 0 Å². The van der Waals surface area contributed by atoms with Gasteiger partial charge in [-0.1, -0.05) is 13.8 Å². The molecule has 0 amide bonds. The molecule has 14 heavy (non-hydrogen) atoms. The SMILES string of the molecule is CC(C)C/C(C=N)=C/NCC(F)(F)F. The number of halogens is 3. The lowest BCUT2D eigenvalue weighted by Gasteiger charge is -2.08. The predicted octanol–water partition coefficient (Wildman–Crippen LogP) is 2.72. The summed E-state index contributed by atoms with van der Waals surface area (Å²) in [6.45, 7) is 2.84. The maximum absolute atomic E-state index is 11.7. The first-order valence-electron chi connectivity index (χ1n) is 4.35. The third kappa shape index (κ3) is 7.64. The molecule has 0 unspecified atom stereocenters. The minimum atomic E-state index is -4.21. The van der Waals surface area contributed by atoms with E-state index < -0.39 is 12.7 Å². The van der Waals surface area contributed by atoms with Gasteiger partial charge in [0, 0.05) is 12.4 Å². The van der Waals surface area contributed by atoms with Crippen LogP contribution in [0.15, 0.2) is 11.8 Å². The first-order chi connectivity index (χ1) is 6.35. The number of alkyl halides is 3. The molecule has 0 atom stereocenters. The van der Waals surface area contributed by atoms with Crippen molar-refractivity contribution in [3.8, 4) is 0 Å². The van der Waals surface area contributed by atoms with Gasteiger partial charge in [-0.05, 0) is 17.9 Å². The predicted molar refractivity (Wildman–Crippen MR) is 50.4 cm³/mol. The summed E-state index contributed by atoms with van der Waals surface area (Å²) in [5, 5.41) is 9.12. The zero-order valence-corrected chi connectivity index (χ0v) is 8.28. The molecule has 0 radical (unpaired) electrons. The highest BCUT2D eigenvalue weighted by Gasteiger charge is 2.25. The first kappa shape index (κ1) is 13.0. The summed E-state index contributed by atoms with van der Waals surface area (Å²) in [5.74, 6) is 0.329. The van der Waals surface area contributed by atoms with Crippen molar-refractivity contribution in [3.63, 3.8) is 0 Å². The molecule has 0 saturated heterocycles. The Morgan fingerprint density at radius 2 is 2.00 bits per heavy atom. The fourth-order valence-electron chi connectivity index (χ4n) is 0.929. The van der Waals surface area contributed by atoms with Gasteiger partial charge in [0.1, 0.15) is 6.54 Å². The summed E-state index contributed by atoms with van der Waals surface area (Å²) >= 11 is 0. The van der Waals surface area contributed by atoms with E-state index in [2.05, 4.69) is 5.32 Å². The van der Waals surface area contributed by atoms with Gasteiger partial charge in [0.05, 0.1) is 0 Å². The van der Waals surface area contributed by atoms with Crippen LogP contribution in [0.4, 0.5) is 13.2 Å². The van der Waals surface area contributed by atoms with Crippen molar-refractivity contribution >= 4 is 6.21 Å². The van der Waals surface area contributed by atoms with Crippen LogP contribution in [0.25, 0.3) is 0 Å². The molecule has 2 N–H and O–H groups in total. The van der Waals surface area contributed by atoms with Crippen molar-refractivity contribution < 1.29 is 13.2 Å². The van der Waals surface area contributed by atoms with Crippen molar-refractivity contribution in [2.45, 2.75) is 26.4 Å². The summed E-state index contributed by atoms with van der Waals surface area (Å²) in [5.41, 5.74) is 0.573. The van der Waals surface area contributed by atoms with Crippen LogP contribution in [-0.2, 0) is 0 Å². The molecule has 0 fully saturated rings. The third-order valence-corrected chi connectivity index (χ3v) is 1.42. The average molecular weight is 208 g/mol. The summed E-state index contributed by atoms with van der Waals surface area (Å²) in [6, 6.07) is 0. The van der Waals surface area contributed by atoms with E-state index in [0.29, 0.717) is 17.9 Å². The molecule has 5 heteroatoms. The average Bonchev–Trinajstić information content (AvgIpc) is 1.99. The Hall–Kier alpha value is -1.00. The van der Waals surface area contributed by atoms with Gasteiger partial charge in [0.15, 0.2) is 0 Å². The first-order valence-corrected chi connectivity index (χ1v) is 4.35. The van der Waals surface area contributed by atoms with E-state index in [-0.39, 0.29) is 0 Å². The topological polar surface area (TPSA) is 35.9 Å². The standard InChI is InChI=1S/C9H15F3N2/c1-7(2)3-8(4-13)5-14-6-9(10,11)12/h4-5,7,13-14H,3,6H2,1-2H3/b8-5-,13-4?. The minimum Gasteiger partial charge on any atom is -0.382 e. The number of hydrogen-bond acceptors (Lipinski definition) is 2. The highest BCUT2D eigenvalue weighted by molar-refractivity contribution is 5.75. The zero-order valence-electron chi connectivity index (χ0n) is 8.28. The van der Waals surface area contributed by atoms with Gasteiger partial charge in [-0.2, -0.15) is 13.2 Å². The molecule has 0 aliphatic heterocycles. The summed E-state index contributed by atoms with van der Waals surface area (Å²) in [4.78, 5) is 0. The lowest BCUT2D eigenvalue weighted by Crippen LogP contribution is -2.25. The van der Waals surface area contributed by atoms with Crippen LogP contribution in [0.1, 0.15) is 20.3 Å². The van der Waals surface area contributed by atoms with Gasteiger partial charge < -0.3 is 10.7 Å². The minimum absolute atomic E-state index is 0.329. The summed E-state index contributed by atoms with van der Waals surface area (Å²) in [7, 11) is 0. The van der Waals surface area contributed by atoms with Crippen molar-refractivity contribution in [1.82, 2.24) is 5.32 Å². The molecule has 0 spiro atoms. The quantitative estimate of drug-likeness (QED) is 0.669. The van der Waals surface area contributed by atoms with E-state index in [1.165, 1.54) is 6.20 Å². The summed E-state index contributed by atoms with van der Waals surface area (Å²) < 4.78 is 35.2. The molecule has 2 nitrogen and oxygen atoms in total. The second kappa shape index (κ2) is 5.67. The fraction of sp³-hybridized carbons (Fsp3) is 0.667. The van der Waals surface area contributed by atoms with Crippen molar-refractivity contribution in [2.75, 3.05) is 6.54 Å². The van der Waals surface area contributed by atoms with Gasteiger partial charge in [-0.25, -0.2) is 0 Å². The highest BCUT2D eigenvalue weighted by Crippen LogP contribution is 2.13. The maximum Gasteiger partial charge on any atom is 0.405 e. The Labute approximate surface area is 81.7 Å². The molecule has 0 aliphatic rings. The van der Waals surface area contributed by atoms with Crippen LogP contribution in [0.2, 0.25) is 0 Å². The van der Waals surface area contributed by atoms with E-state index >= 15 is 0 Å². The molecular weight excluding hydrogens is 193 g/mol. The highest BCUT2D eigenvalue weighted by atomic mass is 19.4. The van der Waals surface area contributed by atoms with Gasteiger partial charge in [0.25, 0.3) is 0 Å². The smallest absolute Gasteiger partial charge is 0.382 e. The van der Waals surface area contributed by atoms with Crippen molar-refractivity contribution in [1.29, 1.82) is 5.41 Å². The van der Waals surface area contributed by atoms with Gasteiger partial charge in [-0.3, -0.25) is 0 Å². The second-order valence-corrected chi connectivity index (χ2v) is 3.46. The monoisotopic (exact) mass is 208 g/mol. The van der Waals surface area contributed by atoms with Crippen molar-refractivity contribution in [3.05, 3.63) is 11.8 Å². The molecule has 0 aromatic rings. The summed E-state index contributed by atoms with van der Waals surface area (Å²) in [6.07, 6.45) is -1.28. The largest absolute Gasteiger partial charge is 0.405 e. The molecular formula is C9H15F3N2. The number of nitrogens with one attached hydrogen (secondary N) is 2. The lowest BCUT2D eigenvalue weighted by atomic mass is 10.1. The van der Waals surface area contributed by atoms with Crippen LogP contribution in [0.3, 0.4) is 0 Å². The second-order valence-electron chi connectivity index (χ2n) is 3.46. The zero-order chi connectivity index (χ0) is 11.2. The Morgan fingerprint density at radius 3 is 2.36 bits per heavy atom. The van der Waals surface area contributed by atoms with Crippen LogP contribution in [0, 0.1) is 11.3 Å². The molecule has 0 heterocycles. The Bertz CT molecular complexity index is 207. The van der Waals surface area contributed by atoms with E-state index in [9.17, 15) is 13.2 Å². The van der Waals surface area contributed by atoms with E-state index in [1.807, 2.05) is 13.8 Å². The van der Waals surface area contributed by atoms with Gasteiger partial charge >= 0.3 is 6.18 Å². The van der Waals surface area contributed by atoms with E-state index in [0.717, 1.165) is 6.21 Å². The molecule has 0 aliphatic carbocycles. The van der Waals surface area contributed by atoms with E-state index in [4.69, 9.17) is 5.41 Å². The number of rotatable bonds is 5. The van der Waals surface area contributed by atoms with Gasteiger partial charge in [-0.15, -0.1) is 0 Å². The third-order valence-electron chi connectivity index (χ3n) is 1.42. The van der Waals surface area contributed by atoms with Crippen molar-refractivity contribution in [2.24, 2.45) is 5.92 Å². The fourth-order valence-corrected chi connectivity index (χ4v) is 0.929. The Kier molecular flexibility index (Phi) is 5.27. The van der Waals surface area contributed by atoms with Gasteiger partial charge in [0.2, 0.25) is 0 Å². The molecule has 0 rings (SSSR count). The number of hydrogen-bond donors (Lipinski definition) is 2.